The summed E-state index contributed by atoms with van der Waals surface area (Å²) in [7, 11) is 1.64. The van der Waals surface area contributed by atoms with Crippen LogP contribution in [0.25, 0.3) is 0 Å². The maximum absolute atomic E-state index is 12.5. The molecule has 0 saturated heterocycles. The number of benzene rings is 2. The van der Waals surface area contributed by atoms with Crippen LogP contribution in [0.3, 0.4) is 0 Å². The summed E-state index contributed by atoms with van der Waals surface area (Å²) in [6.45, 7) is 3.07. The van der Waals surface area contributed by atoms with E-state index in [1.165, 1.54) is 0 Å². The van der Waals surface area contributed by atoms with Gasteiger partial charge in [-0.2, -0.15) is 5.10 Å². The lowest BCUT2D eigenvalue weighted by Gasteiger charge is -2.10. The predicted molar refractivity (Wildman–Crippen MR) is 99.9 cm³/mol. The number of rotatable bonds is 7. The molecule has 0 unspecified atom stereocenters. The number of amides is 1. The summed E-state index contributed by atoms with van der Waals surface area (Å²) in [6.07, 6.45) is 1.66. The molecule has 0 aliphatic carbocycles. The van der Waals surface area contributed by atoms with Gasteiger partial charge in [0.1, 0.15) is 17.3 Å². The highest BCUT2D eigenvalue weighted by molar-refractivity contribution is 6.03. The molecule has 0 aliphatic heterocycles. The van der Waals surface area contributed by atoms with Gasteiger partial charge in [0.2, 0.25) is 0 Å². The number of anilines is 1. The molecule has 0 atom stereocenters. The van der Waals surface area contributed by atoms with Gasteiger partial charge in [-0.05, 0) is 48.9 Å². The minimum Gasteiger partial charge on any atom is -0.497 e. The minimum absolute atomic E-state index is 0.190. The maximum Gasteiger partial charge on any atom is 0.256 e. The summed E-state index contributed by atoms with van der Waals surface area (Å²) in [5.74, 6) is 2.00. The van der Waals surface area contributed by atoms with Crippen molar-refractivity contribution in [3.63, 3.8) is 0 Å². The van der Waals surface area contributed by atoms with Crippen molar-refractivity contribution in [1.29, 1.82) is 0 Å². The first kappa shape index (κ1) is 17.5. The molecule has 0 spiro atoms. The van der Waals surface area contributed by atoms with Crippen molar-refractivity contribution in [1.82, 2.24) is 9.78 Å². The Balaban J connectivity index is 1.68. The molecule has 0 fully saturated rings. The lowest BCUT2D eigenvalue weighted by atomic mass is 10.2. The van der Waals surface area contributed by atoms with Gasteiger partial charge in [-0.15, -0.1) is 0 Å². The summed E-state index contributed by atoms with van der Waals surface area (Å²) in [4.78, 5) is 12.5. The third-order valence-corrected chi connectivity index (χ3v) is 3.88. The number of methoxy groups -OCH3 is 1. The van der Waals surface area contributed by atoms with Gasteiger partial charge in [0, 0.05) is 11.6 Å². The summed E-state index contributed by atoms with van der Waals surface area (Å²) in [5.41, 5.74) is 1.62. The Bertz CT molecular complexity index is 855. The van der Waals surface area contributed by atoms with E-state index >= 15 is 0 Å². The fourth-order valence-corrected chi connectivity index (χ4v) is 2.53. The van der Waals surface area contributed by atoms with Crippen molar-refractivity contribution in [2.24, 2.45) is 0 Å². The number of hydrogen-bond donors (Lipinski definition) is 1. The summed E-state index contributed by atoms with van der Waals surface area (Å²) < 4.78 is 12.3. The smallest absolute Gasteiger partial charge is 0.256 e. The third kappa shape index (κ3) is 4.22. The van der Waals surface area contributed by atoms with Crippen LogP contribution in [0.15, 0.2) is 60.8 Å². The molecule has 26 heavy (non-hydrogen) atoms. The third-order valence-electron chi connectivity index (χ3n) is 3.88. The van der Waals surface area contributed by atoms with Crippen LogP contribution < -0.4 is 14.8 Å². The standard InChI is InChI=1S/C20H21N3O3/c1-3-26-18-10-6-16(7-11-18)20(24)22-19-12-13-21-23(19)14-15-4-8-17(25-2)9-5-15/h4-13H,3,14H2,1-2H3,(H,22,24). The molecule has 0 radical (unpaired) electrons. The van der Waals surface area contributed by atoms with E-state index in [4.69, 9.17) is 9.47 Å². The highest BCUT2D eigenvalue weighted by atomic mass is 16.5. The fourth-order valence-electron chi connectivity index (χ4n) is 2.53. The number of carbonyl (C=O) groups is 1. The van der Waals surface area contributed by atoms with Crippen molar-refractivity contribution in [3.05, 3.63) is 71.9 Å². The second-order valence-electron chi connectivity index (χ2n) is 5.63. The zero-order chi connectivity index (χ0) is 18.4. The molecule has 0 saturated carbocycles. The Morgan fingerprint density at radius 2 is 1.73 bits per heavy atom. The van der Waals surface area contributed by atoms with E-state index in [9.17, 15) is 4.79 Å². The summed E-state index contributed by atoms with van der Waals surface area (Å²) >= 11 is 0. The van der Waals surface area contributed by atoms with Gasteiger partial charge in [-0.3, -0.25) is 4.79 Å². The molecule has 0 bridgehead atoms. The fraction of sp³-hybridized carbons (Fsp3) is 0.200. The SMILES string of the molecule is CCOc1ccc(C(=O)Nc2ccnn2Cc2ccc(OC)cc2)cc1. The Morgan fingerprint density at radius 3 is 2.38 bits per heavy atom. The van der Waals surface area contributed by atoms with Crippen molar-refractivity contribution in [2.75, 3.05) is 19.0 Å². The predicted octanol–water partition coefficient (Wildman–Crippen LogP) is 3.59. The largest absolute Gasteiger partial charge is 0.497 e. The Morgan fingerprint density at radius 1 is 1.04 bits per heavy atom. The molecule has 3 rings (SSSR count). The summed E-state index contributed by atoms with van der Waals surface area (Å²) in [5, 5.41) is 7.19. The van der Waals surface area contributed by atoms with Crippen LogP contribution in [0.5, 0.6) is 11.5 Å². The first-order valence-corrected chi connectivity index (χ1v) is 8.38. The maximum atomic E-state index is 12.5. The molecule has 3 aromatic rings. The van der Waals surface area contributed by atoms with E-state index in [0.717, 1.165) is 17.1 Å². The molecule has 1 N–H and O–H groups in total. The van der Waals surface area contributed by atoms with E-state index in [1.807, 2.05) is 31.2 Å². The van der Waals surface area contributed by atoms with Crippen molar-refractivity contribution in [2.45, 2.75) is 13.5 Å². The molecule has 6 nitrogen and oxygen atoms in total. The number of nitrogens with one attached hydrogen (secondary N) is 1. The Labute approximate surface area is 152 Å². The van der Waals surface area contributed by atoms with E-state index in [2.05, 4.69) is 10.4 Å². The van der Waals surface area contributed by atoms with Crippen LogP contribution in [-0.4, -0.2) is 29.4 Å². The average Bonchev–Trinajstić information content (AvgIpc) is 3.10. The highest BCUT2D eigenvalue weighted by Crippen LogP contribution is 2.16. The van der Waals surface area contributed by atoms with Gasteiger partial charge in [-0.1, -0.05) is 12.1 Å². The molecular formula is C20H21N3O3. The van der Waals surface area contributed by atoms with E-state index in [1.54, 1.807) is 48.3 Å². The number of aromatic nitrogens is 2. The minimum atomic E-state index is -0.190. The Kier molecular flexibility index (Phi) is 5.53. The van der Waals surface area contributed by atoms with Crippen LogP contribution >= 0.6 is 0 Å². The number of ether oxygens (including phenoxy) is 2. The molecule has 2 aromatic carbocycles. The summed E-state index contributed by atoms with van der Waals surface area (Å²) in [6, 6.07) is 16.6. The number of carbonyl (C=O) groups excluding carboxylic acids is 1. The first-order valence-electron chi connectivity index (χ1n) is 8.38. The van der Waals surface area contributed by atoms with Gasteiger partial charge >= 0.3 is 0 Å². The zero-order valence-electron chi connectivity index (χ0n) is 14.8. The average molecular weight is 351 g/mol. The van der Waals surface area contributed by atoms with Crippen molar-refractivity contribution < 1.29 is 14.3 Å². The van der Waals surface area contributed by atoms with E-state index < -0.39 is 0 Å². The molecule has 1 heterocycles. The molecule has 0 aliphatic rings. The van der Waals surface area contributed by atoms with Crippen LogP contribution in [0.1, 0.15) is 22.8 Å². The molecular weight excluding hydrogens is 330 g/mol. The lowest BCUT2D eigenvalue weighted by molar-refractivity contribution is 0.102. The number of hydrogen-bond acceptors (Lipinski definition) is 4. The topological polar surface area (TPSA) is 65.4 Å². The van der Waals surface area contributed by atoms with Gasteiger partial charge in [0.05, 0.1) is 26.5 Å². The zero-order valence-corrected chi connectivity index (χ0v) is 14.8. The lowest BCUT2D eigenvalue weighted by Crippen LogP contribution is -2.16. The van der Waals surface area contributed by atoms with Gasteiger partial charge in [0.25, 0.3) is 5.91 Å². The molecule has 1 aromatic heterocycles. The number of nitrogens with zero attached hydrogens (tertiary/aromatic N) is 2. The quantitative estimate of drug-likeness (QED) is 0.706. The highest BCUT2D eigenvalue weighted by Gasteiger charge is 2.10. The van der Waals surface area contributed by atoms with Crippen molar-refractivity contribution in [3.8, 4) is 11.5 Å². The van der Waals surface area contributed by atoms with Gasteiger partial charge in [-0.25, -0.2) is 4.68 Å². The molecule has 6 heteroatoms. The normalized spacial score (nSPS) is 10.4. The van der Waals surface area contributed by atoms with E-state index in [-0.39, 0.29) is 5.91 Å². The molecule has 134 valence electrons. The second kappa shape index (κ2) is 8.20. The molecule has 1 amide bonds. The second-order valence-corrected chi connectivity index (χ2v) is 5.63. The van der Waals surface area contributed by atoms with Crippen LogP contribution in [0, 0.1) is 0 Å². The van der Waals surface area contributed by atoms with E-state index in [0.29, 0.717) is 24.5 Å². The van der Waals surface area contributed by atoms with Crippen molar-refractivity contribution >= 4 is 11.7 Å². The monoisotopic (exact) mass is 351 g/mol. The Hall–Kier alpha value is -3.28. The van der Waals surface area contributed by atoms with Gasteiger partial charge in [0.15, 0.2) is 0 Å². The van der Waals surface area contributed by atoms with Crippen LogP contribution in [0.2, 0.25) is 0 Å². The van der Waals surface area contributed by atoms with Gasteiger partial charge < -0.3 is 14.8 Å². The van der Waals surface area contributed by atoms with Crippen LogP contribution in [-0.2, 0) is 6.54 Å². The first-order chi connectivity index (χ1) is 12.7. The van der Waals surface area contributed by atoms with Crippen LogP contribution in [0.4, 0.5) is 5.82 Å².